The van der Waals surface area contributed by atoms with E-state index in [1.807, 2.05) is 25.1 Å². The molecule has 2 aromatic carbocycles. The molecule has 1 N–H and O–H groups in total. The van der Waals surface area contributed by atoms with Crippen molar-refractivity contribution in [2.45, 2.75) is 71.0 Å². The number of aryl methyl sites for hydroxylation is 1. The van der Waals surface area contributed by atoms with E-state index in [1.54, 1.807) is 37.3 Å². The van der Waals surface area contributed by atoms with Crippen molar-refractivity contribution in [1.82, 2.24) is 10.2 Å². The Morgan fingerprint density at radius 2 is 1.64 bits per heavy atom. The van der Waals surface area contributed by atoms with Crippen LogP contribution in [0.15, 0.2) is 48.5 Å². The standard InChI is InChI=1S/C27H36ClN3O4S/c1-4-21-12-9-11-17-25(21)31(36(3,34)35)19-26(32)30(18-22-13-8-10-16-24(22)28)20(2)27(33)29-23-14-6-5-7-15-23/h8-13,16-17,20,23H,4-7,14-15,18-19H2,1-3H3,(H,29,33)/t20-/m1/s1. The molecule has 196 valence electrons. The summed E-state index contributed by atoms with van der Waals surface area (Å²) in [6.45, 7) is 3.28. The molecule has 2 aromatic rings. The Bertz CT molecular complexity index is 1170. The molecule has 1 atom stereocenters. The molecule has 0 unspecified atom stereocenters. The molecule has 1 saturated carbocycles. The number of halogens is 1. The van der Waals surface area contributed by atoms with Gasteiger partial charge in [0.05, 0.1) is 11.9 Å². The molecular weight excluding hydrogens is 498 g/mol. The highest BCUT2D eigenvalue weighted by molar-refractivity contribution is 7.92. The summed E-state index contributed by atoms with van der Waals surface area (Å²) in [4.78, 5) is 28.4. The van der Waals surface area contributed by atoms with E-state index in [1.165, 1.54) is 11.3 Å². The van der Waals surface area contributed by atoms with E-state index in [-0.39, 0.29) is 18.5 Å². The third-order valence-corrected chi connectivity index (χ3v) is 8.23. The SMILES string of the molecule is CCc1ccccc1N(CC(=O)N(Cc1ccccc1Cl)[C@H](C)C(=O)NC1CCCCC1)S(C)(=O)=O. The molecule has 9 heteroatoms. The van der Waals surface area contributed by atoms with E-state index < -0.39 is 28.5 Å². The van der Waals surface area contributed by atoms with E-state index in [2.05, 4.69) is 5.32 Å². The number of carbonyl (C=O) groups is 2. The summed E-state index contributed by atoms with van der Waals surface area (Å²) in [5.74, 6) is -0.722. The van der Waals surface area contributed by atoms with Crippen molar-refractivity contribution in [3.8, 4) is 0 Å². The predicted octanol–water partition coefficient (Wildman–Crippen LogP) is 4.53. The lowest BCUT2D eigenvalue weighted by Gasteiger charge is -2.33. The van der Waals surface area contributed by atoms with Crippen LogP contribution < -0.4 is 9.62 Å². The summed E-state index contributed by atoms with van der Waals surface area (Å²) in [5, 5.41) is 3.57. The minimum absolute atomic E-state index is 0.0881. The van der Waals surface area contributed by atoms with Gasteiger partial charge in [-0.05, 0) is 49.4 Å². The average Bonchev–Trinajstić information content (AvgIpc) is 2.86. The molecule has 1 aliphatic rings. The van der Waals surface area contributed by atoms with Gasteiger partial charge in [0.25, 0.3) is 0 Å². The number of anilines is 1. The van der Waals surface area contributed by atoms with Gasteiger partial charge in [-0.2, -0.15) is 0 Å². The number of carbonyl (C=O) groups excluding carboxylic acids is 2. The van der Waals surface area contributed by atoms with E-state index in [0.29, 0.717) is 22.7 Å². The van der Waals surface area contributed by atoms with Crippen molar-refractivity contribution in [3.63, 3.8) is 0 Å². The summed E-state index contributed by atoms with van der Waals surface area (Å²) < 4.78 is 26.7. The highest BCUT2D eigenvalue weighted by atomic mass is 35.5. The maximum Gasteiger partial charge on any atom is 0.244 e. The quantitative estimate of drug-likeness (QED) is 0.486. The molecule has 1 aliphatic carbocycles. The molecule has 0 radical (unpaired) electrons. The largest absolute Gasteiger partial charge is 0.352 e. The Hall–Kier alpha value is -2.58. The van der Waals surface area contributed by atoms with Gasteiger partial charge in [0.15, 0.2) is 0 Å². The van der Waals surface area contributed by atoms with Gasteiger partial charge in [-0.25, -0.2) is 8.42 Å². The van der Waals surface area contributed by atoms with E-state index >= 15 is 0 Å². The second-order valence-electron chi connectivity index (χ2n) is 9.38. The topological polar surface area (TPSA) is 86.8 Å². The molecule has 0 bridgehead atoms. The number of benzene rings is 2. The molecule has 0 spiro atoms. The lowest BCUT2D eigenvalue weighted by molar-refractivity contribution is -0.139. The van der Waals surface area contributed by atoms with E-state index in [4.69, 9.17) is 11.6 Å². The Kier molecular flexibility index (Phi) is 9.79. The summed E-state index contributed by atoms with van der Waals surface area (Å²) in [6, 6.07) is 13.6. The number of hydrogen-bond acceptors (Lipinski definition) is 4. The summed E-state index contributed by atoms with van der Waals surface area (Å²) in [7, 11) is -3.77. The second-order valence-corrected chi connectivity index (χ2v) is 11.7. The van der Waals surface area contributed by atoms with Gasteiger partial charge in [-0.15, -0.1) is 0 Å². The smallest absolute Gasteiger partial charge is 0.244 e. The number of sulfonamides is 1. The maximum absolute atomic E-state index is 13.7. The molecule has 7 nitrogen and oxygen atoms in total. The fourth-order valence-corrected chi connectivity index (χ4v) is 5.69. The number of hydrogen-bond donors (Lipinski definition) is 1. The highest BCUT2D eigenvalue weighted by Crippen LogP contribution is 2.25. The van der Waals surface area contributed by atoms with Crippen LogP contribution in [0.1, 0.15) is 57.1 Å². The van der Waals surface area contributed by atoms with Crippen molar-refractivity contribution in [2.24, 2.45) is 0 Å². The van der Waals surface area contributed by atoms with Crippen molar-refractivity contribution in [3.05, 3.63) is 64.7 Å². The van der Waals surface area contributed by atoms with Crippen LogP contribution in [-0.2, 0) is 32.6 Å². The van der Waals surface area contributed by atoms with Gasteiger partial charge in [0, 0.05) is 17.6 Å². The van der Waals surface area contributed by atoms with Gasteiger partial charge < -0.3 is 10.2 Å². The van der Waals surface area contributed by atoms with Crippen LogP contribution in [0.3, 0.4) is 0 Å². The predicted molar refractivity (Wildman–Crippen MR) is 144 cm³/mol. The highest BCUT2D eigenvalue weighted by Gasteiger charge is 2.32. The normalized spacial score (nSPS) is 15.2. The fraction of sp³-hybridized carbons (Fsp3) is 0.481. The monoisotopic (exact) mass is 533 g/mol. The lowest BCUT2D eigenvalue weighted by atomic mass is 9.95. The second kappa shape index (κ2) is 12.6. The van der Waals surface area contributed by atoms with Crippen LogP contribution in [0, 0.1) is 0 Å². The molecular formula is C27H36ClN3O4S. The number of rotatable bonds is 10. The minimum atomic E-state index is -3.77. The van der Waals surface area contributed by atoms with Gasteiger partial charge in [-0.3, -0.25) is 13.9 Å². The molecule has 2 amide bonds. The van der Waals surface area contributed by atoms with Crippen LogP contribution in [0.25, 0.3) is 0 Å². The fourth-order valence-electron chi connectivity index (χ4n) is 4.61. The first-order chi connectivity index (χ1) is 17.1. The Labute approximate surface area is 219 Å². The molecule has 3 rings (SSSR count). The Balaban J connectivity index is 1.90. The number of amides is 2. The Morgan fingerprint density at radius 1 is 1.03 bits per heavy atom. The van der Waals surface area contributed by atoms with Gasteiger partial charge in [0.1, 0.15) is 12.6 Å². The van der Waals surface area contributed by atoms with E-state index in [9.17, 15) is 18.0 Å². The zero-order valence-electron chi connectivity index (χ0n) is 21.2. The van der Waals surface area contributed by atoms with Crippen LogP contribution in [0.2, 0.25) is 5.02 Å². The first-order valence-corrected chi connectivity index (χ1v) is 14.7. The van der Waals surface area contributed by atoms with Gasteiger partial charge >= 0.3 is 0 Å². The molecule has 36 heavy (non-hydrogen) atoms. The molecule has 0 aliphatic heterocycles. The third-order valence-electron chi connectivity index (χ3n) is 6.74. The van der Waals surface area contributed by atoms with Crippen molar-refractivity contribution >= 4 is 39.1 Å². The van der Waals surface area contributed by atoms with Crippen LogP contribution in [0.4, 0.5) is 5.69 Å². The maximum atomic E-state index is 13.7. The lowest BCUT2D eigenvalue weighted by Crippen LogP contribution is -2.53. The first kappa shape index (κ1) is 28.0. The zero-order chi connectivity index (χ0) is 26.3. The molecule has 0 saturated heterocycles. The Morgan fingerprint density at radius 3 is 2.25 bits per heavy atom. The zero-order valence-corrected chi connectivity index (χ0v) is 22.8. The summed E-state index contributed by atoms with van der Waals surface area (Å²) in [5.41, 5.74) is 1.97. The number of nitrogens with zero attached hydrogens (tertiary/aromatic N) is 2. The molecule has 1 fully saturated rings. The van der Waals surface area contributed by atoms with Gasteiger partial charge in [0.2, 0.25) is 21.8 Å². The van der Waals surface area contributed by atoms with Crippen LogP contribution >= 0.6 is 11.6 Å². The van der Waals surface area contributed by atoms with Crippen LogP contribution in [-0.4, -0.2) is 50.0 Å². The summed E-state index contributed by atoms with van der Waals surface area (Å²) in [6.07, 6.45) is 6.85. The van der Waals surface area contributed by atoms with Gasteiger partial charge in [-0.1, -0.05) is 74.2 Å². The van der Waals surface area contributed by atoms with Crippen molar-refractivity contribution < 1.29 is 18.0 Å². The average molecular weight is 534 g/mol. The van der Waals surface area contributed by atoms with E-state index in [0.717, 1.165) is 41.8 Å². The van der Waals surface area contributed by atoms with Crippen molar-refractivity contribution in [2.75, 3.05) is 17.1 Å². The number of nitrogens with one attached hydrogen (secondary N) is 1. The minimum Gasteiger partial charge on any atom is -0.352 e. The van der Waals surface area contributed by atoms with Crippen molar-refractivity contribution in [1.29, 1.82) is 0 Å². The summed E-state index contributed by atoms with van der Waals surface area (Å²) >= 11 is 6.38. The number of para-hydroxylation sites is 1. The third kappa shape index (κ3) is 7.23. The first-order valence-electron chi connectivity index (χ1n) is 12.5. The molecule has 0 heterocycles. The van der Waals surface area contributed by atoms with Crippen LogP contribution in [0.5, 0.6) is 0 Å². The molecule has 0 aromatic heterocycles.